The van der Waals surface area contributed by atoms with Gasteiger partial charge in [0.05, 0.1) is 29.1 Å². The van der Waals surface area contributed by atoms with Crippen LogP contribution in [-0.4, -0.2) is 62.3 Å². The minimum atomic E-state index is -3.98. The Bertz CT molecular complexity index is 1380. The highest BCUT2D eigenvalue weighted by atomic mass is 32.2. The minimum absolute atomic E-state index is 0.0775. The van der Waals surface area contributed by atoms with Crippen molar-refractivity contribution in [3.8, 4) is 11.1 Å². The number of hydrogen-bond donors (Lipinski definition) is 3. The Morgan fingerprint density at radius 3 is 2.71 bits per heavy atom. The molecule has 2 amide bonds. The largest absolute Gasteiger partial charge is 0.384 e. The SMILES string of the molecule is COCCS(=O)(=O)C(C(=O)NCC(=O)NC1CC1)c1nc2ccc(-c3cc[nH]c(=O)c3)cc2s1. The monoisotopic (exact) mass is 504 g/mol. The number of aromatic amines is 1. The van der Waals surface area contributed by atoms with Gasteiger partial charge in [-0.25, -0.2) is 13.4 Å². The number of carbonyl (C=O) groups is 2. The Labute approximate surface area is 199 Å². The van der Waals surface area contributed by atoms with Gasteiger partial charge in [-0.15, -0.1) is 11.3 Å². The van der Waals surface area contributed by atoms with Crippen LogP contribution in [0.2, 0.25) is 0 Å². The summed E-state index contributed by atoms with van der Waals surface area (Å²) in [5.41, 5.74) is 1.74. The molecule has 1 aromatic carbocycles. The van der Waals surface area contributed by atoms with Gasteiger partial charge < -0.3 is 20.4 Å². The predicted octanol–water partition coefficient (Wildman–Crippen LogP) is 1.15. The molecule has 1 saturated carbocycles. The molecular formula is C22H24N4O6S2. The van der Waals surface area contributed by atoms with Gasteiger partial charge in [-0.2, -0.15) is 0 Å². The van der Waals surface area contributed by atoms with E-state index in [1.807, 2.05) is 0 Å². The molecule has 0 spiro atoms. The summed E-state index contributed by atoms with van der Waals surface area (Å²) in [6, 6.07) is 8.63. The molecule has 0 bridgehead atoms. The van der Waals surface area contributed by atoms with Crippen LogP contribution in [0.3, 0.4) is 0 Å². The number of pyridine rings is 1. The normalized spacial score (nSPS) is 14.6. The second-order valence-corrected chi connectivity index (χ2v) is 11.2. The first-order valence-corrected chi connectivity index (χ1v) is 13.2. The van der Waals surface area contributed by atoms with E-state index in [2.05, 4.69) is 20.6 Å². The zero-order valence-electron chi connectivity index (χ0n) is 18.4. The number of nitrogens with one attached hydrogen (secondary N) is 3. The van der Waals surface area contributed by atoms with Crippen LogP contribution in [-0.2, 0) is 24.2 Å². The zero-order valence-corrected chi connectivity index (χ0v) is 20.0. The summed E-state index contributed by atoms with van der Waals surface area (Å²) in [5, 5.41) is 3.72. The number of rotatable bonds is 10. The Kier molecular flexibility index (Phi) is 7.10. The molecule has 0 radical (unpaired) electrons. The molecule has 4 rings (SSSR count). The van der Waals surface area contributed by atoms with E-state index in [1.165, 1.54) is 13.2 Å². The van der Waals surface area contributed by atoms with Crippen LogP contribution < -0.4 is 16.2 Å². The number of carbonyl (C=O) groups excluding carboxylic acids is 2. The van der Waals surface area contributed by atoms with Crippen molar-refractivity contribution < 1.29 is 22.7 Å². The minimum Gasteiger partial charge on any atom is -0.384 e. The second-order valence-electron chi connectivity index (χ2n) is 7.98. The van der Waals surface area contributed by atoms with Crippen molar-refractivity contribution in [1.82, 2.24) is 20.6 Å². The number of H-pyrrole nitrogens is 1. The topological polar surface area (TPSA) is 147 Å². The van der Waals surface area contributed by atoms with Gasteiger partial charge in [0.1, 0.15) is 5.01 Å². The molecule has 2 heterocycles. The maximum Gasteiger partial charge on any atom is 0.248 e. The van der Waals surface area contributed by atoms with Crippen LogP contribution in [0.1, 0.15) is 23.1 Å². The summed E-state index contributed by atoms with van der Waals surface area (Å²) >= 11 is 1.08. The van der Waals surface area contributed by atoms with Crippen LogP contribution >= 0.6 is 11.3 Å². The third-order valence-electron chi connectivity index (χ3n) is 5.27. The van der Waals surface area contributed by atoms with Crippen LogP contribution in [0, 0.1) is 0 Å². The highest BCUT2D eigenvalue weighted by Gasteiger charge is 2.37. The van der Waals surface area contributed by atoms with Gasteiger partial charge in [0.2, 0.25) is 17.4 Å². The average molecular weight is 505 g/mol. The maximum atomic E-state index is 13.1. The molecule has 0 aliphatic heterocycles. The van der Waals surface area contributed by atoms with Crippen molar-refractivity contribution >= 4 is 43.2 Å². The molecule has 3 N–H and O–H groups in total. The van der Waals surface area contributed by atoms with Gasteiger partial charge in [-0.1, -0.05) is 6.07 Å². The molecule has 1 fully saturated rings. The number of fused-ring (bicyclic) bond motifs is 1. The molecule has 180 valence electrons. The van der Waals surface area contributed by atoms with Crippen molar-refractivity contribution in [2.45, 2.75) is 24.1 Å². The number of ether oxygens (including phenoxy) is 1. The standard InChI is InChI=1S/C22H24N4O6S2/c1-32-8-9-34(30,31)20(21(29)24-12-19(28)25-15-3-4-15)22-26-16-5-2-13(10-17(16)33-22)14-6-7-23-18(27)11-14/h2,5-7,10-11,15,20H,3-4,8-9,12H2,1H3,(H,23,27)(H,24,29)(H,25,28). The molecule has 34 heavy (non-hydrogen) atoms. The Hall–Kier alpha value is -3.09. The van der Waals surface area contributed by atoms with Crippen molar-refractivity contribution in [3.63, 3.8) is 0 Å². The molecule has 2 aromatic heterocycles. The molecule has 1 atom stereocenters. The lowest BCUT2D eigenvalue weighted by atomic mass is 10.1. The summed E-state index contributed by atoms with van der Waals surface area (Å²) in [4.78, 5) is 43.6. The fourth-order valence-corrected chi connectivity index (χ4v) is 6.35. The van der Waals surface area contributed by atoms with Gasteiger partial charge in [0, 0.05) is 25.4 Å². The molecule has 3 aromatic rings. The van der Waals surface area contributed by atoms with E-state index in [9.17, 15) is 22.8 Å². The van der Waals surface area contributed by atoms with E-state index in [4.69, 9.17) is 4.74 Å². The van der Waals surface area contributed by atoms with E-state index in [0.29, 0.717) is 15.8 Å². The average Bonchev–Trinajstić information content (AvgIpc) is 3.51. The fourth-order valence-electron chi connectivity index (χ4n) is 3.37. The van der Waals surface area contributed by atoms with Crippen LogP contribution in [0.5, 0.6) is 0 Å². The first-order chi connectivity index (χ1) is 16.3. The van der Waals surface area contributed by atoms with Gasteiger partial charge in [-0.05, 0) is 42.2 Å². The number of methoxy groups -OCH3 is 1. The first kappa shape index (κ1) is 24.0. The summed E-state index contributed by atoms with van der Waals surface area (Å²) in [7, 11) is -2.60. The van der Waals surface area contributed by atoms with Gasteiger partial charge in [0.15, 0.2) is 15.1 Å². The van der Waals surface area contributed by atoms with E-state index >= 15 is 0 Å². The fraction of sp³-hybridized carbons (Fsp3) is 0.364. The van der Waals surface area contributed by atoms with Crippen molar-refractivity contribution in [1.29, 1.82) is 0 Å². The van der Waals surface area contributed by atoms with Gasteiger partial charge in [0.25, 0.3) is 0 Å². The number of nitrogens with zero attached hydrogens (tertiary/aromatic N) is 1. The van der Waals surface area contributed by atoms with E-state index in [1.54, 1.807) is 30.5 Å². The molecular weight excluding hydrogens is 480 g/mol. The van der Waals surface area contributed by atoms with E-state index in [-0.39, 0.29) is 41.4 Å². The predicted molar refractivity (Wildman–Crippen MR) is 128 cm³/mol. The molecule has 1 aliphatic carbocycles. The van der Waals surface area contributed by atoms with Crippen LogP contribution in [0.4, 0.5) is 0 Å². The third kappa shape index (κ3) is 5.69. The summed E-state index contributed by atoms with van der Waals surface area (Å²) < 4.78 is 31.7. The lowest BCUT2D eigenvalue weighted by molar-refractivity contribution is -0.126. The number of sulfone groups is 1. The lowest BCUT2D eigenvalue weighted by Gasteiger charge is -2.15. The van der Waals surface area contributed by atoms with E-state index < -0.39 is 21.0 Å². The maximum absolute atomic E-state index is 13.1. The second kappa shape index (κ2) is 10.0. The highest BCUT2D eigenvalue weighted by molar-refractivity contribution is 7.92. The number of hydrogen-bond acceptors (Lipinski definition) is 8. The quantitative estimate of drug-likeness (QED) is 0.375. The summed E-state index contributed by atoms with van der Waals surface area (Å²) in [6.45, 7) is -0.394. The molecule has 10 nitrogen and oxygen atoms in total. The smallest absolute Gasteiger partial charge is 0.248 e. The lowest BCUT2D eigenvalue weighted by Crippen LogP contribution is -2.41. The number of amides is 2. The number of aromatic nitrogens is 2. The summed E-state index contributed by atoms with van der Waals surface area (Å²) in [6.07, 6.45) is 3.35. The number of thiazole rings is 1. The zero-order chi connectivity index (χ0) is 24.3. The Balaban J connectivity index is 1.63. The summed E-state index contributed by atoms with van der Waals surface area (Å²) in [5.74, 6) is -1.55. The molecule has 12 heteroatoms. The Morgan fingerprint density at radius 2 is 2.00 bits per heavy atom. The van der Waals surface area contributed by atoms with Crippen LogP contribution in [0.15, 0.2) is 41.3 Å². The molecule has 1 aliphatic rings. The molecule has 1 unspecified atom stereocenters. The van der Waals surface area contributed by atoms with Gasteiger partial charge >= 0.3 is 0 Å². The Morgan fingerprint density at radius 1 is 1.24 bits per heavy atom. The van der Waals surface area contributed by atoms with Gasteiger partial charge in [-0.3, -0.25) is 14.4 Å². The van der Waals surface area contributed by atoms with Crippen molar-refractivity contribution in [2.24, 2.45) is 0 Å². The molecule has 0 saturated heterocycles. The highest BCUT2D eigenvalue weighted by Crippen LogP contribution is 2.34. The third-order valence-corrected chi connectivity index (χ3v) is 8.40. The number of benzene rings is 1. The van der Waals surface area contributed by atoms with Crippen molar-refractivity contribution in [2.75, 3.05) is 26.0 Å². The van der Waals surface area contributed by atoms with Crippen LogP contribution in [0.25, 0.3) is 21.3 Å². The van der Waals surface area contributed by atoms with E-state index in [0.717, 1.165) is 29.7 Å². The first-order valence-electron chi connectivity index (χ1n) is 10.6. The van der Waals surface area contributed by atoms with Crippen molar-refractivity contribution in [3.05, 3.63) is 51.9 Å².